The molecule has 1 aromatic heterocycles. The van der Waals surface area contributed by atoms with E-state index in [-0.39, 0.29) is 0 Å². The lowest BCUT2D eigenvalue weighted by Crippen LogP contribution is -2.38. The van der Waals surface area contributed by atoms with Gasteiger partial charge in [-0.15, -0.1) is 0 Å². The number of imidazole rings is 1. The van der Waals surface area contributed by atoms with Gasteiger partial charge in [-0.1, -0.05) is 49.4 Å². The number of nitrogens with zero attached hydrogens (tertiary/aromatic N) is 3. The first-order chi connectivity index (χ1) is 14.7. The van der Waals surface area contributed by atoms with Gasteiger partial charge in [0.1, 0.15) is 11.6 Å². The van der Waals surface area contributed by atoms with Gasteiger partial charge in [0, 0.05) is 32.5 Å². The van der Waals surface area contributed by atoms with Crippen LogP contribution in [0.2, 0.25) is 0 Å². The first-order valence-corrected chi connectivity index (χ1v) is 10.3. The van der Waals surface area contributed by atoms with Crippen molar-refractivity contribution in [2.24, 2.45) is 4.99 Å². The second-order valence-electron chi connectivity index (χ2n) is 7.27. The van der Waals surface area contributed by atoms with E-state index in [2.05, 4.69) is 68.5 Å². The maximum absolute atomic E-state index is 5.23. The molecule has 3 aromatic rings. The number of rotatable bonds is 9. The average Bonchev–Trinajstić information content (AvgIpc) is 3.23. The molecule has 0 saturated heterocycles. The van der Waals surface area contributed by atoms with Gasteiger partial charge in [0.15, 0.2) is 5.96 Å². The van der Waals surface area contributed by atoms with Crippen molar-refractivity contribution >= 4 is 5.96 Å². The van der Waals surface area contributed by atoms with Crippen LogP contribution in [-0.2, 0) is 13.1 Å². The van der Waals surface area contributed by atoms with Crippen LogP contribution in [-0.4, -0.2) is 36.2 Å². The summed E-state index contributed by atoms with van der Waals surface area (Å²) in [4.78, 5) is 8.82. The summed E-state index contributed by atoms with van der Waals surface area (Å²) in [6, 6.07) is 18.7. The van der Waals surface area contributed by atoms with Crippen LogP contribution in [0.5, 0.6) is 5.75 Å². The second-order valence-corrected chi connectivity index (χ2v) is 7.27. The molecular weight excluding hydrogens is 374 g/mol. The lowest BCUT2D eigenvalue weighted by Gasteiger charge is -2.16. The Morgan fingerprint density at radius 1 is 1.10 bits per heavy atom. The summed E-state index contributed by atoms with van der Waals surface area (Å²) in [6.07, 6.45) is 4.86. The van der Waals surface area contributed by atoms with Crippen molar-refractivity contribution in [3.05, 3.63) is 83.9 Å². The molecule has 6 nitrogen and oxygen atoms in total. The van der Waals surface area contributed by atoms with Crippen LogP contribution in [0.3, 0.4) is 0 Å². The molecule has 0 spiro atoms. The third kappa shape index (κ3) is 6.11. The van der Waals surface area contributed by atoms with E-state index in [1.54, 1.807) is 14.2 Å². The minimum Gasteiger partial charge on any atom is -0.497 e. The van der Waals surface area contributed by atoms with E-state index >= 15 is 0 Å². The largest absolute Gasteiger partial charge is 0.497 e. The Kier molecular flexibility index (Phi) is 7.89. The van der Waals surface area contributed by atoms with Crippen molar-refractivity contribution in [2.45, 2.75) is 32.4 Å². The smallest absolute Gasteiger partial charge is 0.191 e. The molecule has 1 unspecified atom stereocenters. The lowest BCUT2D eigenvalue weighted by atomic mass is 9.98. The molecule has 0 amide bonds. The predicted molar refractivity (Wildman–Crippen MR) is 122 cm³/mol. The molecule has 2 N–H and O–H groups in total. The number of hydrogen-bond acceptors (Lipinski definition) is 3. The highest BCUT2D eigenvalue weighted by Crippen LogP contribution is 2.21. The summed E-state index contributed by atoms with van der Waals surface area (Å²) < 4.78 is 7.39. The van der Waals surface area contributed by atoms with Crippen LogP contribution in [0.4, 0.5) is 0 Å². The van der Waals surface area contributed by atoms with Crippen molar-refractivity contribution in [2.75, 3.05) is 20.7 Å². The van der Waals surface area contributed by atoms with Gasteiger partial charge in [0.05, 0.1) is 13.7 Å². The Hall–Kier alpha value is -3.28. The Balaban J connectivity index is 1.45. The maximum Gasteiger partial charge on any atom is 0.191 e. The van der Waals surface area contributed by atoms with Gasteiger partial charge in [-0.2, -0.15) is 0 Å². The number of aliphatic imine (C=N–C) groups is 1. The summed E-state index contributed by atoms with van der Waals surface area (Å²) >= 11 is 0. The van der Waals surface area contributed by atoms with Crippen LogP contribution >= 0.6 is 0 Å². The number of guanidine groups is 1. The van der Waals surface area contributed by atoms with E-state index in [1.807, 2.05) is 30.6 Å². The van der Waals surface area contributed by atoms with Crippen molar-refractivity contribution in [3.8, 4) is 5.75 Å². The molecule has 158 valence electrons. The number of aromatic nitrogens is 2. The van der Waals surface area contributed by atoms with Crippen LogP contribution < -0.4 is 15.4 Å². The summed E-state index contributed by atoms with van der Waals surface area (Å²) in [7, 11) is 3.48. The van der Waals surface area contributed by atoms with Gasteiger partial charge >= 0.3 is 0 Å². The second kappa shape index (κ2) is 11.0. The minimum absolute atomic E-state index is 0.450. The molecule has 30 heavy (non-hydrogen) atoms. The molecule has 3 rings (SSSR count). The number of ether oxygens (including phenoxy) is 1. The monoisotopic (exact) mass is 405 g/mol. The highest BCUT2D eigenvalue weighted by atomic mass is 16.5. The van der Waals surface area contributed by atoms with Gasteiger partial charge < -0.3 is 19.9 Å². The van der Waals surface area contributed by atoms with Crippen LogP contribution in [0.25, 0.3) is 0 Å². The van der Waals surface area contributed by atoms with Crippen molar-refractivity contribution in [1.29, 1.82) is 0 Å². The Morgan fingerprint density at radius 2 is 1.87 bits per heavy atom. The lowest BCUT2D eigenvalue weighted by molar-refractivity contribution is 0.414. The molecule has 6 heteroatoms. The zero-order valence-electron chi connectivity index (χ0n) is 18.0. The summed E-state index contributed by atoms with van der Waals surface area (Å²) in [5.74, 6) is 3.10. The van der Waals surface area contributed by atoms with Crippen LogP contribution in [0, 0.1) is 0 Å². The SMILES string of the molecule is CN=C(NCCC(C)c1ccc(OC)cc1)NCc1nccn1Cc1ccccc1. The van der Waals surface area contributed by atoms with E-state index in [4.69, 9.17) is 4.74 Å². The molecule has 1 heterocycles. The van der Waals surface area contributed by atoms with Gasteiger partial charge in [0.2, 0.25) is 0 Å². The van der Waals surface area contributed by atoms with Gasteiger partial charge in [-0.05, 0) is 35.6 Å². The van der Waals surface area contributed by atoms with Gasteiger partial charge in [-0.3, -0.25) is 4.99 Å². The van der Waals surface area contributed by atoms with Crippen molar-refractivity contribution in [1.82, 2.24) is 20.2 Å². The summed E-state index contributed by atoms with van der Waals surface area (Å²) in [5.41, 5.74) is 2.57. The van der Waals surface area contributed by atoms with E-state index < -0.39 is 0 Å². The maximum atomic E-state index is 5.23. The first kappa shape index (κ1) is 21.4. The number of benzene rings is 2. The Morgan fingerprint density at radius 3 is 2.57 bits per heavy atom. The van der Waals surface area contributed by atoms with Gasteiger partial charge in [-0.25, -0.2) is 4.98 Å². The quantitative estimate of drug-likeness (QED) is 0.420. The molecule has 0 aliphatic carbocycles. The van der Waals surface area contributed by atoms with Crippen molar-refractivity contribution < 1.29 is 4.74 Å². The highest BCUT2D eigenvalue weighted by Gasteiger charge is 2.08. The molecule has 0 saturated carbocycles. The molecular formula is C24H31N5O. The van der Waals surface area contributed by atoms with E-state index in [9.17, 15) is 0 Å². The number of hydrogen-bond donors (Lipinski definition) is 2. The molecule has 0 radical (unpaired) electrons. The highest BCUT2D eigenvalue weighted by molar-refractivity contribution is 5.79. The summed E-state index contributed by atoms with van der Waals surface area (Å²) in [5, 5.41) is 6.77. The normalized spacial score (nSPS) is 12.4. The summed E-state index contributed by atoms with van der Waals surface area (Å²) in [6.45, 7) is 4.50. The fourth-order valence-corrected chi connectivity index (χ4v) is 3.32. The third-order valence-electron chi connectivity index (χ3n) is 5.19. The van der Waals surface area contributed by atoms with Crippen molar-refractivity contribution in [3.63, 3.8) is 0 Å². The Labute approximate surface area is 179 Å². The number of nitrogens with one attached hydrogen (secondary N) is 2. The van der Waals surface area contributed by atoms with Crippen LogP contribution in [0.15, 0.2) is 72.0 Å². The number of methoxy groups -OCH3 is 1. The fraction of sp³-hybridized carbons (Fsp3) is 0.333. The van der Waals surface area contributed by atoms with Crippen LogP contribution in [0.1, 0.15) is 36.2 Å². The molecule has 2 aromatic carbocycles. The molecule has 0 fully saturated rings. The third-order valence-corrected chi connectivity index (χ3v) is 5.19. The predicted octanol–water partition coefficient (Wildman–Crippen LogP) is 3.80. The average molecular weight is 406 g/mol. The van der Waals surface area contributed by atoms with E-state index in [1.165, 1.54) is 11.1 Å². The molecule has 0 aliphatic heterocycles. The standard InChI is InChI=1S/C24H31N5O/c1-19(21-9-11-22(30-3)12-10-21)13-14-27-24(25-2)28-17-23-26-15-16-29(23)18-20-7-5-4-6-8-20/h4-12,15-16,19H,13-14,17-18H2,1-3H3,(H2,25,27,28). The minimum atomic E-state index is 0.450. The molecule has 0 bridgehead atoms. The van der Waals surface area contributed by atoms with Gasteiger partial charge in [0.25, 0.3) is 0 Å². The topological polar surface area (TPSA) is 63.5 Å². The zero-order valence-corrected chi connectivity index (χ0v) is 18.0. The zero-order chi connectivity index (χ0) is 21.2. The Bertz CT molecular complexity index is 918. The van der Waals surface area contributed by atoms with E-state index in [0.717, 1.165) is 37.0 Å². The fourth-order valence-electron chi connectivity index (χ4n) is 3.32. The first-order valence-electron chi connectivity index (χ1n) is 10.3. The molecule has 1 atom stereocenters. The molecule has 0 aliphatic rings. The van der Waals surface area contributed by atoms with E-state index in [0.29, 0.717) is 12.5 Å².